The first-order valence-electron chi connectivity index (χ1n) is 8.93. The van der Waals surface area contributed by atoms with Gasteiger partial charge in [0.05, 0.1) is 17.2 Å². The number of benzene rings is 1. The molecule has 1 aliphatic heterocycles. The Morgan fingerprint density at radius 2 is 2.00 bits per heavy atom. The average molecular weight is 435 g/mol. The van der Waals surface area contributed by atoms with Gasteiger partial charge in [-0.3, -0.25) is 4.90 Å². The van der Waals surface area contributed by atoms with Gasteiger partial charge in [-0.05, 0) is 55.8 Å². The maximum absolute atomic E-state index is 11.0. The molecule has 6 nitrogen and oxygen atoms in total. The lowest BCUT2D eigenvalue weighted by molar-refractivity contribution is 0.277. The molecule has 1 aliphatic rings. The highest BCUT2D eigenvalue weighted by atomic mass is 35.5. The lowest BCUT2D eigenvalue weighted by Crippen LogP contribution is -2.26. The third kappa shape index (κ3) is 2.99. The van der Waals surface area contributed by atoms with Crippen LogP contribution in [0.15, 0.2) is 41.0 Å². The van der Waals surface area contributed by atoms with Gasteiger partial charge >= 0.3 is 0 Å². The van der Waals surface area contributed by atoms with Crippen LogP contribution < -0.4 is 0 Å². The summed E-state index contributed by atoms with van der Waals surface area (Å²) in [6.07, 6.45) is 3.80. The fourth-order valence-electron chi connectivity index (χ4n) is 3.67. The second-order valence-corrected chi connectivity index (χ2v) is 8.56. The predicted molar refractivity (Wildman–Crippen MR) is 109 cm³/mol. The number of thiazole rings is 1. The minimum absolute atomic E-state index is 0.0771. The van der Waals surface area contributed by atoms with Crippen molar-refractivity contribution in [2.75, 3.05) is 13.1 Å². The van der Waals surface area contributed by atoms with E-state index in [2.05, 4.69) is 15.0 Å². The molecule has 0 spiro atoms. The van der Waals surface area contributed by atoms with Crippen LogP contribution in [-0.4, -0.2) is 37.7 Å². The summed E-state index contributed by atoms with van der Waals surface area (Å²) in [4.78, 5) is 8.22. The number of rotatable bonds is 4. The van der Waals surface area contributed by atoms with Crippen molar-refractivity contribution in [1.29, 1.82) is 0 Å². The number of furan rings is 1. The summed E-state index contributed by atoms with van der Waals surface area (Å²) in [5.74, 6) is 1.09. The molecular weight excluding hydrogens is 419 g/mol. The Bertz CT molecular complexity index is 1130. The molecule has 1 fully saturated rings. The predicted octanol–water partition coefficient (Wildman–Crippen LogP) is 5.25. The molecule has 5 rings (SSSR count). The van der Waals surface area contributed by atoms with Crippen molar-refractivity contribution in [1.82, 2.24) is 19.5 Å². The first-order chi connectivity index (χ1) is 13.6. The number of hydrogen-bond acceptors (Lipinski definition) is 6. The quantitative estimate of drug-likeness (QED) is 0.475. The van der Waals surface area contributed by atoms with Crippen molar-refractivity contribution in [3.8, 4) is 17.5 Å². The first-order valence-corrected chi connectivity index (χ1v) is 10.5. The van der Waals surface area contributed by atoms with E-state index in [0.29, 0.717) is 26.6 Å². The molecule has 4 aromatic rings. The molecule has 28 heavy (non-hydrogen) atoms. The molecule has 1 aromatic carbocycles. The van der Waals surface area contributed by atoms with E-state index >= 15 is 0 Å². The van der Waals surface area contributed by atoms with Crippen LogP contribution in [0.25, 0.3) is 16.5 Å². The van der Waals surface area contributed by atoms with Gasteiger partial charge in [0, 0.05) is 10.0 Å². The Balaban J connectivity index is 1.63. The lowest BCUT2D eigenvalue weighted by Gasteiger charge is -2.27. The van der Waals surface area contributed by atoms with E-state index in [0.717, 1.165) is 36.4 Å². The van der Waals surface area contributed by atoms with E-state index in [1.807, 2.05) is 12.1 Å². The van der Waals surface area contributed by atoms with Gasteiger partial charge in [0.25, 0.3) is 0 Å². The van der Waals surface area contributed by atoms with Gasteiger partial charge in [-0.2, -0.15) is 9.50 Å². The SMILES string of the molecule is Oc1c([C@@H](c2ccc(Cl)cc2Cl)N2CCCC2)sc2nc(-c3ccco3)nn12. The molecule has 0 aliphatic carbocycles. The summed E-state index contributed by atoms with van der Waals surface area (Å²) >= 11 is 14.0. The number of nitrogens with zero attached hydrogens (tertiary/aromatic N) is 4. The molecule has 0 unspecified atom stereocenters. The van der Waals surface area contributed by atoms with Gasteiger partial charge in [0.15, 0.2) is 5.76 Å². The highest BCUT2D eigenvalue weighted by molar-refractivity contribution is 7.17. The summed E-state index contributed by atoms with van der Waals surface area (Å²) in [5.41, 5.74) is 0.916. The Kier molecular flexibility index (Phi) is 4.55. The minimum Gasteiger partial charge on any atom is -0.492 e. The van der Waals surface area contributed by atoms with Crippen molar-refractivity contribution in [3.05, 3.63) is 57.1 Å². The molecule has 9 heteroatoms. The van der Waals surface area contributed by atoms with E-state index in [1.165, 1.54) is 15.9 Å². The maximum Gasteiger partial charge on any atom is 0.230 e. The zero-order valence-electron chi connectivity index (χ0n) is 14.7. The van der Waals surface area contributed by atoms with Crippen LogP contribution in [0.2, 0.25) is 10.0 Å². The Hall–Kier alpha value is -2.06. The molecule has 0 saturated carbocycles. The number of likely N-dealkylation sites (tertiary alicyclic amines) is 1. The Morgan fingerprint density at radius 1 is 1.18 bits per heavy atom. The number of fused-ring (bicyclic) bond motifs is 1. The Morgan fingerprint density at radius 3 is 2.68 bits per heavy atom. The number of halogens is 2. The molecule has 1 N–H and O–H groups in total. The normalized spacial score (nSPS) is 16.2. The van der Waals surface area contributed by atoms with Crippen LogP contribution >= 0.6 is 34.5 Å². The largest absolute Gasteiger partial charge is 0.492 e. The molecule has 3 aromatic heterocycles. The van der Waals surface area contributed by atoms with E-state index < -0.39 is 0 Å². The van der Waals surface area contributed by atoms with Crippen LogP contribution in [0, 0.1) is 0 Å². The molecule has 0 radical (unpaired) electrons. The Labute approximate surface area is 174 Å². The monoisotopic (exact) mass is 434 g/mol. The first kappa shape index (κ1) is 18.0. The van der Waals surface area contributed by atoms with Gasteiger partial charge < -0.3 is 9.52 Å². The number of aromatic nitrogens is 3. The van der Waals surface area contributed by atoms with E-state index in [9.17, 15) is 5.11 Å². The van der Waals surface area contributed by atoms with Crippen molar-refractivity contribution in [3.63, 3.8) is 0 Å². The summed E-state index contributed by atoms with van der Waals surface area (Å²) in [6.45, 7) is 1.88. The molecule has 0 amide bonds. The number of hydrogen-bond donors (Lipinski definition) is 1. The van der Waals surface area contributed by atoms with Crippen LogP contribution in [0.5, 0.6) is 5.88 Å². The van der Waals surface area contributed by atoms with Crippen LogP contribution in [0.4, 0.5) is 0 Å². The zero-order valence-corrected chi connectivity index (χ0v) is 17.0. The summed E-state index contributed by atoms with van der Waals surface area (Å²) in [5, 5.41) is 16.6. The molecule has 0 bridgehead atoms. The average Bonchev–Trinajstić information content (AvgIpc) is 3.44. The van der Waals surface area contributed by atoms with Crippen LogP contribution in [0.1, 0.15) is 29.3 Å². The van der Waals surface area contributed by atoms with Gasteiger partial charge in [0.1, 0.15) is 0 Å². The van der Waals surface area contributed by atoms with E-state index in [4.69, 9.17) is 27.6 Å². The van der Waals surface area contributed by atoms with E-state index in [-0.39, 0.29) is 11.9 Å². The standard InChI is InChI=1S/C19H16Cl2N4O2S/c20-11-5-6-12(13(21)10-11)15(24-7-1-2-8-24)16-18(26)25-19(28-16)22-17(23-25)14-4-3-9-27-14/h3-6,9-10,15,26H,1-2,7-8H2/t15-/m1/s1. The fourth-order valence-corrected chi connectivity index (χ4v) is 5.29. The zero-order chi connectivity index (χ0) is 19.3. The van der Waals surface area contributed by atoms with Crippen molar-refractivity contribution in [2.45, 2.75) is 18.9 Å². The van der Waals surface area contributed by atoms with Crippen LogP contribution in [-0.2, 0) is 0 Å². The van der Waals surface area contributed by atoms with Gasteiger partial charge in [-0.25, -0.2) is 0 Å². The molecule has 144 valence electrons. The minimum atomic E-state index is -0.173. The summed E-state index contributed by atoms with van der Waals surface area (Å²) < 4.78 is 6.82. The molecule has 4 heterocycles. The van der Waals surface area contributed by atoms with Crippen molar-refractivity contribution in [2.24, 2.45) is 0 Å². The lowest BCUT2D eigenvalue weighted by atomic mass is 10.0. The van der Waals surface area contributed by atoms with Crippen LogP contribution in [0.3, 0.4) is 0 Å². The smallest absolute Gasteiger partial charge is 0.230 e. The van der Waals surface area contributed by atoms with Gasteiger partial charge in [-0.1, -0.05) is 40.6 Å². The topological polar surface area (TPSA) is 66.8 Å². The second kappa shape index (κ2) is 7.08. The highest BCUT2D eigenvalue weighted by Crippen LogP contribution is 2.43. The van der Waals surface area contributed by atoms with Crippen molar-refractivity contribution >= 4 is 39.5 Å². The highest BCUT2D eigenvalue weighted by Gasteiger charge is 2.32. The third-order valence-corrected chi connectivity index (χ3v) is 6.59. The summed E-state index contributed by atoms with van der Waals surface area (Å²) in [6, 6.07) is 8.89. The third-order valence-electron chi connectivity index (χ3n) is 4.95. The molecule has 1 saturated heterocycles. The van der Waals surface area contributed by atoms with Gasteiger partial charge in [0.2, 0.25) is 16.7 Å². The fraction of sp³-hybridized carbons (Fsp3) is 0.263. The van der Waals surface area contributed by atoms with Gasteiger partial charge in [-0.15, -0.1) is 5.10 Å². The number of aromatic hydroxyl groups is 1. The van der Waals surface area contributed by atoms with E-state index in [1.54, 1.807) is 24.5 Å². The maximum atomic E-state index is 11.0. The molecule has 1 atom stereocenters. The summed E-state index contributed by atoms with van der Waals surface area (Å²) in [7, 11) is 0. The second-order valence-electron chi connectivity index (χ2n) is 6.71. The van der Waals surface area contributed by atoms with Crippen molar-refractivity contribution < 1.29 is 9.52 Å². The molecular formula is C19H16Cl2N4O2S.